The Morgan fingerprint density at radius 3 is 2.83 bits per heavy atom. The van der Waals surface area contributed by atoms with Gasteiger partial charge in [0.2, 0.25) is 0 Å². The number of rotatable bonds is 10. The Morgan fingerprint density at radius 2 is 1.97 bits per heavy atom. The molecule has 0 radical (unpaired) electrons. The second-order valence-electron chi connectivity index (χ2n) is 8.67. The number of carbonyl (C=O) groups excluding carboxylic acids is 1. The minimum atomic E-state index is -0.570. The van der Waals surface area contributed by atoms with Crippen molar-refractivity contribution >= 4 is 55.6 Å². The molecular formula is C25H28FN7OS2. The first-order valence-corrected chi connectivity index (χ1v) is 13.7. The molecule has 0 aliphatic carbocycles. The largest absolute Gasteiger partial charge is 0.368 e. The number of fused-ring (bicyclic) bond motifs is 1. The van der Waals surface area contributed by atoms with E-state index < -0.39 is 6.67 Å². The van der Waals surface area contributed by atoms with Crippen molar-refractivity contribution in [2.75, 3.05) is 42.1 Å². The Balaban J connectivity index is 1.15. The number of nitrogens with one attached hydrogen (secondary N) is 3. The van der Waals surface area contributed by atoms with Gasteiger partial charge >= 0.3 is 6.03 Å². The molecule has 4 aromatic rings. The van der Waals surface area contributed by atoms with Gasteiger partial charge in [0.15, 0.2) is 5.13 Å². The van der Waals surface area contributed by atoms with Crippen molar-refractivity contribution in [3.05, 3.63) is 58.2 Å². The molecule has 0 atom stereocenters. The van der Waals surface area contributed by atoms with Crippen LogP contribution in [0.2, 0.25) is 0 Å². The molecule has 1 saturated heterocycles. The third-order valence-electron chi connectivity index (χ3n) is 6.15. The van der Waals surface area contributed by atoms with E-state index in [-0.39, 0.29) is 6.03 Å². The zero-order valence-corrected chi connectivity index (χ0v) is 21.4. The molecule has 188 valence electrons. The van der Waals surface area contributed by atoms with E-state index in [4.69, 9.17) is 0 Å². The molecule has 3 aromatic heterocycles. The summed E-state index contributed by atoms with van der Waals surface area (Å²) < 4.78 is 14.3. The van der Waals surface area contributed by atoms with Gasteiger partial charge in [-0.3, -0.25) is 5.32 Å². The van der Waals surface area contributed by atoms with Gasteiger partial charge in [0.1, 0.15) is 18.8 Å². The number of alkyl halides is 1. The molecule has 11 heteroatoms. The van der Waals surface area contributed by atoms with Gasteiger partial charge in [-0.05, 0) is 61.0 Å². The van der Waals surface area contributed by atoms with Gasteiger partial charge in [-0.1, -0.05) is 12.1 Å². The van der Waals surface area contributed by atoms with E-state index >= 15 is 0 Å². The second kappa shape index (κ2) is 11.7. The number of thiophene rings is 1. The fourth-order valence-corrected chi connectivity index (χ4v) is 5.89. The average molecular weight is 526 g/mol. The van der Waals surface area contributed by atoms with E-state index in [1.165, 1.54) is 24.2 Å². The third-order valence-corrected chi connectivity index (χ3v) is 8.04. The predicted molar refractivity (Wildman–Crippen MR) is 145 cm³/mol. The number of anilines is 3. The molecule has 0 unspecified atom stereocenters. The lowest BCUT2D eigenvalue weighted by Crippen LogP contribution is -2.23. The van der Waals surface area contributed by atoms with Crippen molar-refractivity contribution in [3.63, 3.8) is 0 Å². The smallest absolute Gasteiger partial charge is 0.325 e. The lowest BCUT2D eigenvalue weighted by atomic mass is 10.1. The van der Waals surface area contributed by atoms with Crippen LogP contribution in [0.4, 0.5) is 25.8 Å². The zero-order valence-electron chi connectivity index (χ0n) is 19.8. The van der Waals surface area contributed by atoms with E-state index in [2.05, 4.69) is 35.8 Å². The van der Waals surface area contributed by atoms with Gasteiger partial charge in [-0.15, -0.1) is 22.7 Å². The standard InChI is InChI=1S/C25H28FN7OS2/c26-14-17-3-4-18(6-11-33-9-1-2-10-33)21(13-17)31-24(34)32-25-28-15-19(36-25)5-8-27-23-22-20(7-12-35-22)29-16-30-23/h3-4,7,12-13,15-16H,1-2,5-6,8-11,14H2,(H,27,29,30)(H2,28,31,32,34). The molecule has 8 nitrogen and oxygen atoms in total. The fourth-order valence-electron chi connectivity index (χ4n) is 4.28. The van der Waals surface area contributed by atoms with Gasteiger partial charge in [0.05, 0.1) is 10.2 Å². The fraction of sp³-hybridized carbons (Fsp3) is 0.360. The topological polar surface area (TPSA) is 95.1 Å². The summed E-state index contributed by atoms with van der Waals surface area (Å²) in [5.41, 5.74) is 3.13. The van der Waals surface area contributed by atoms with E-state index in [0.717, 1.165) is 59.0 Å². The maximum atomic E-state index is 13.3. The molecule has 1 fully saturated rings. The molecule has 1 aliphatic rings. The van der Waals surface area contributed by atoms with Crippen LogP contribution in [0, 0.1) is 0 Å². The Kier molecular flexibility index (Phi) is 7.99. The highest BCUT2D eigenvalue weighted by Crippen LogP contribution is 2.26. The van der Waals surface area contributed by atoms with Crippen LogP contribution in [0.1, 0.15) is 28.8 Å². The van der Waals surface area contributed by atoms with E-state index in [1.54, 1.807) is 36.0 Å². The first-order valence-electron chi connectivity index (χ1n) is 12.0. The predicted octanol–water partition coefficient (Wildman–Crippen LogP) is 5.55. The molecule has 3 N–H and O–H groups in total. The number of carbonyl (C=O) groups is 1. The molecule has 0 spiro atoms. The van der Waals surface area contributed by atoms with Crippen molar-refractivity contribution in [2.45, 2.75) is 32.4 Å². The van der Waals surface area contributed by atoms with Crippen LogP contribution in [0.3, 0.4) is 0 Å². The minimum absolute atomic E-state index is 0.381. The number of nitrogens with zero attached hydrogens (tertiary/aromatic N) is 4. The third kappa shape index (κ3) is 6.15. The molecule has 5 rings (SSSR count). The van der Waals surface area contributed by atoms with Crippen LogP contribution in [-0.4, -0.2) is 52.1 Å². The Labute approximate surface area is 217 Å². The van der Waals surface area contributed by atoms with Gasteiger partial charge in [0, 0.05) is 36.3 Å². The molecule has 1 aliphatic heterocycles. The lowest BCUT2D eigenvalue weighted by Gasteiger charge is -2.17. The van der Waals surface area contributed by atoms with E-state index in [0.29, 0.717) is 22.9 Å². The summed E-state index contributed by atoms with van der Waals surface area (Å²) in [7, 11) is 0. The lowest BCUT2D eigenvalue weighted by molar-refractivity contribution is 0.262. The summed E-state index contributed by atoms with van der Waals surface area (Å²) in [6.45, 7) is 3.28. The van der Waals surface area contributed by atoms with Crippen LogP contribution in [0.5, 0.6) is 0 Å². The van der Waals surface area contributed by atoms with Crippen LogP contribution in [0.15, 0.2) is 42.2 Å². The highest BCUT2D eigenvalue weighted by Gasteiger charge is 2.14. The number of halogens is 1. The van der Waals surface area contributed by atoms with Crippen LogP contribution >= 0.6 is 22.7 Å². The van der Waals surface area contributed by atoms with Crippen LogP contribution < -0.4 is 16.0 Å². The quantitative estimate of drug-likeness (QED) is 0.251. The van der Waals surface area contributed by atoms with Crippen molar-refractivity contribution in [2.24, 2.45) is 0 Å². The summed E-state index contributed by atoms with van der Waals surface area (Å²) in [4.78, 5) is 29.1. The number of hydrogen-bond donors (Lipinski definition) is 3. The highest BCUT2D eigenvalue weighted by molar-refractivity contribution is 7.17. The minimum Gasteiger partial charge on any atom is -0.368 e. The van der Waals surface area contributed by atoms with Gasteiger partial charge < -0.3 is 15.5 Å². The average Bonchev–Trinajstić information content (AvgIpc) is 3.66. The van der Waals surface area contributed by atoms with Gasteiger partial charge in [-0.2, -0.15) is 0 Å². The van der Waals surface area contributed by atoms with Crippen molar-refractivity contribution in [3.8, 4) is 0 Å². The second-order valence-corrected chi connectivity index (χ2v) is 10.7. The normalized spacial score (nSPS) is 13.8. The van der Waals surface area contributed by atoms with E-state index in [1.807, 2.05) is 17.5 Å². The zero-order chi connectivity index (χ0) is 24.7. The molecule has 0 saturated carbocycles. The SMILES string of the molecule is O=C(Nc1ncc(CCNc2ncnc3ccsc23)s1)Nc1cc(CF)ccc1CCN1CCCC1. The molecule has 2 amide bonds. The summed E-state index contributed by atoms with van der Waals surface area (Å²) in [5.74, 6) is 0.827. The number of likely N-dealkylation sites (tertiary alicyclic amines) is 1. The van der Waals surface area contributed by atoms with Crippen molar-refractivity contribution < 1.29 is 9.18 Å². The summed E-state index contributed by atoms with van der Waals surface area (Å²) in [6, 6.07) is 7.01. The van der Waals surface area contributed by atoms with Crippen LogP contribution in [-0.2, 0) is 19.5 Å². The monoisotopic (exact) mass is 525 g/mol. The molecule has 0 bridgehead atoms. The molecule has 36 heavy (non-hydrogen) atoms. The van der Waals surface area contributed by atoms with Gasteiger partial charge in [0.25, 0.3) is 0 Å². The number of hydrogen-bond acceptors (Lipinski definition) is 8. The Morgan fingerprint density at radius 1 is 1.08 bits per heavy atom. The van der Waals surface area contributed by atoms with Gasteiger partial charge in [-0.25, -0.2) is 24.1 Å². The summed E-state index contributed by atoms with van der Waals surface area (Å²) in [6.07, 6.45) is 7.36. The number of amides is 2. The van der Waals surface area contributed by atoms with Crippen molar-refractivity contribution in [1.82, 2.24) is 19.9 Å². The number of benzene rings is 1. The maximum Gasteiger partial charge on any atom is 0.325 e. The first-order chi connectivity index (χ1) is 17.7. The van der Waals surface area contributed by atoms with E-state index in [9.17, 15) is 9.18 Å². The van der Waals surface area contributed by atoms with Crippen LogP contribution in [0.25, 0.3) is 10.2 Å². The highest BCUT2D eigenvalue weighted by atomic mass is 32.1. The molecular weight excluding hydrogens is 497 g/mol. The Hall–Kier alpha value is -3.15. The summed E-state index contributed by atoms with van der Waals surface area (Å²) >= 11 is 3.04. The summed E-state index contributed by atoms with van der Waals surface area (Å²) in [5, 5.41) is 11.6. The molecule has 1 aromatic carbocycles. The molecule has 4 heterocycles. The Bertz CT molecular complexity index is 1320. The van der Waals surface area contributed by atoms with Crippen molar-refractivity contribution in [1.29, 1.82) is 0 Å². The number of urea groups is 1. The first kappa shape index (κ1) is 24.5. The number of thiazole rings is 1. The maximum absolute atomic E-state index is 13.3. The number of aromatic nitrogens is 3.